The molecular formula is C49H32BrN. The van der Waals surface area contributed by atoms with Crippen LogP contribution in [0.4, 0.5) is 0 Å². The molecule has 1 aromatic heterocycles. The molecule has 10 rings (SSSR count). The number of halogens is 1. The van der Waals surface area contributed by atoms with Crippen LogP contribution >= 0.6 is 15.9 Å². The first-order valence-corrected chi connectivity index (χ1v) is 18.3. The second-order valence-corrected chi connectivity index (χ2v) is 14.3. The Morgan fingerprint density at radius 2 is 0.961 bits per heavy atom. The van der Waals surface area contributed by atoms with Crippen LogP contribution in [0.1, 0.15) is 22.3 Å². The second-order valence-electron chi connectivity index (χ2n) is 13.4. The highest BCUT2D eigenvalue weighted by Gasteiger charge is 2.47. The van der Waals surface area contributed by atoms with Crippen LogP contribution in [-0.2, 0) is 5.41 Å². The number of fused-ring (bicyclic) bond motifs is 6. The van der Waals surface area contributed by atoms with Crippen LogP contribution in [0.2, 0.25) is 0 Å². The Labute approximate surface area is 306 Å². The zero-order valence-corrected chi connectivity index (χ0v) is 29.4. The van der Waals surface area contributed by atoms with Crippen molar-refractivity contribution in [2.75, 3.05) is 0 Å². The van der Waals surface area contributed by atoms with Gasteiger partial charge in [-0.25, -0.2) is 0 Å². The standard InChI is InChI=1S/C49H32BrN/c50-39-21-12-16-35(31-39)33-14-11-15-34(30-33)36-28-29-46-42(32-36)40-22-8-10-26-45(40)51(46)47-27-13-25-44-48(47)41-23-7-9-24-43(41)49(44,37-17-3-1-4-18-37)38-19-5-2-6-20-38/h1-32H. The Hall–Kier alpha value is -5.96. The Morgan fingerprint density at radius 3 is 1.71 bits per heavy atom. The van der Waals surface area contributed by atoms with Crippen molar-refractivity contribution in [1.82, 2.24) is 4.57 Å². The third-order valence-corrected chi connectivity index (χ3v) is 11.2. The smallest absolute Gasteiger partial charge is 0.0714 e. The first-order chi connectivity index (χ1) is 25.2. The van der Waals surface area contributed by atoms with Gasteiger partial charge in [-0.1, -0.05) is 168 Å². The van der Waals surface area contributed by atoms with Gasteiger partial charge < -0.3 is 4.57 Å². The van der Waals surface area contributed by atoms with E-state index in [-0.39, 0.29) is 0 Å². The van der Waals surface area contributed by atoms with E-state index in [1.807, 2.05) is 0 Å². The number of benzene rings is 8. The van der Waals surface area contributed by atoms with Gasteiger partial charge >= 0.3 is 0 Å². The maximum Gasteiger partial charge on any atom is 0.0714 e. The van der Waals surface area contributed by atoms with E-state index >= 15 is 0 Å². The normalized spacial score (nSPS) is 13.0. The lowest BCUT2D eigenvalue weighted by Crippen LogP contribution is -2.28. The Kier molecular flexibility index (Phi) is 6.94. The number of hydrogen-bond donors (Lipinski definition) is 0. The summed E-state index contributed by atoms with van der Waals surface area (Å²) in [5.74, 6) is 0. The third-order valence-electron chi connectivity index (χ3n) is 10.7. The average Bonchev–Trinajstić information content (AvgIpc) is 3.69. The summed E-state index contributed by atoms with van der Waals surface area (Å²) in [5.41, 5.74) is 15.7. The van der Waals surface area contributed by atoms with Crippen molar-refractivity contribution in [1.29, 1.82) is 0 Å². The number of hydrogen-bond acceptors (Lipinski definition) is 0. The van der Waals surface area contributed by atoms with Gasteiger partial charge in [0, 0.05) is 20.8 Å². The van der Waals surface area contributed by atoms with Crippen LogP contribution in [0.3, 0.4) is 0 Å². The highest BCUT2D eigenvalue weighted by atomic mass is 79.9. The molecule has 2 heteroatoms. The molecule has 1 aliphatic rings. The molecule has 51 heavy (non-hydrogen) atoms. The predicted molar refractivity (Wildman–Crippen MR) is 217 cm³/mol. The number of rotatable bonds is 5. The highest BCUT2D eigenvalue weighted by molar-refractivity contribution is 9.10. The van der Waals surface area contributed by atoms with Gasteiger partial charge in [0.2, 0.25) is 0 Å². The molecule has 0 amide bonds. The van der Waals surface area contributed by atoms with Crippen molar-refractivity contribution in [3.05, 3.63) is 221 Å². The van der Waals surface area contributed by atoms with Gasteiger partial charge in [0.25, 0.3) is 0 Å². The van der Waals surface area contributed by atoms with Crippen molar-refractivity contribution in [2.24, 2.45) is 0 Å². The van der Waals surface area contributed by atoms with Crippen molar-refractivity contribution >= 4 is 37.7 Å². The molecule has 0 N–H and O–H groups in total. The molecule has 0 aliphatic heterocycles. The lowest BCUT2D eigenvalue weighted by Gasteiger charge is -2.34. The number of nitrogens with zero attached hydrogens (tertiary/aromatic N) is 1. The van der Waals surface area contributed by atoms with Crippen LogP contribution in [0.15, 0.2) is 199 Å². The molecule has 240 valence electrons. The van der Waals surface area contributed by atoms with Crippen LogP contribution in [0.5, 0.6) is 0 Å². The summed E-state index contributed by atoms with van der Waals surface area (Å²) >= 11 is 3.65. The Morgan fingerprint density at radius 1 is 0.392 bits per heavy atom. The average molecular weight is 715 g/mol. The van der Waals surface area contributed by atoms with Crippen molar-refractivity contribution in [3.63, 3.8) is 0 Å². The molecule has 8 aromatic carbocycles. The van der Waals surface area contributed by atoms with Gasteiger partial charge in [0.15, 0.2) is 0 Å². The second kappa shape index (κ2) is 11.8. The van der Waals surface area contributed by atoms with Gasteiger partial charge in [-0.05, 0) is 92.5 Å². The molecule has 9 aromatic rings. The fraction of sp³-hybridized carbons (Fsp3) is 0.0204. The topological polar surface area (TPSA) is 4.93 Å². The van der Waals surface area contributed by atoms with Crippen molar-refractivity contribution < 1.29 is 0 Å². The van der Waals surface area contributed by atoms with E-state index in [0.717, 1.165) is 4.47 Å². The van der Waals surface area contributed by atoms with E-state index in [4.69, 9.17) is 0 Å². The van der Waals surface area contributed by atoms with Crippen molar-refractivity contribution in [2.45, 2.75) is 5.41 Å². The number of para-hydroxylation sites is 1. The molecule has 0 spiro atoms. The van der Waals surface area contributed by atoms with Gasteiger partial charge in [0.1, 0.15) is 0 Å². The minimum Gasteiger partial charge on any atom is -0.309 e. The minimum atomic E-state index is -0.449. The summed E-state index contributed by atoms with van der Waals surface area (Å²) in [6, 6.07) is 71.2. The molecule has 0 unspecified atom stereocenters. The summed E-state index contributed by atoms with van der Waals surface area (Å²) in [7, 11) is 0. The monoisotopic (exact) mass is 713 g/mol. The van der Waals surface area contributed by atoms with E-state index in [2.05, 4.69) is 215 Å². The molecule has 0 atom stereocenters. The molecule has 1 heterocycles. The molecule has 0 radical (unpaired) electrons. The molecular weight excluding hydrogens is 682 g/mol. The lowest BCUT2D eigenvalue weighted by atomic mass is 9.68. The summed E-state index contributed by atoms with van der Waals surface area (Å²) in [4.78, 5) is 0. The molecule has 0 fully saturated rings. The van der Waals surface area contributed by atoms with Gasteiger partial charge in [0.05, 0.1) is 22.1 Å². The largest absolute Gasteiger partial charge is 0.309 e. The summed E-state index contributed by atoms with van der Waals surface area (Å²) in [6.45, 7) is 0. The summed E-state index contributed by atoms with van der Waals surface area (Å²) in [5, 5.41) is 2.50. The maximum absolute atomic E-state index is 3.65. The summed E-state index contributed by atoms with van der Waals surface area (Å²) in [6.07, 6.45) is 0. The SMILES string of the molecule is Brc1cccc(-c2cccc(-c3ccc4c(c3)c3ccccc3n4-c3cccc4c3-c3ccccc3C4(c3ccccc3)c3ccccc3)c2)c1. The van der Waals surface area contributed by atoms with Gasteiger partial charge in [-0.2, -0.15) is 0 Å². The first-order valence-electron chi connectivity index (χ1n) is 17.5. The van der Waals surface area contributed by atoms with Crippen LogP contribution in [-0.4, -0.2) is 4.57 Å². The molecule has 0 saturated carbocycles. The van der Waals surface area contributed by atoms with Crippen LogP contribution in [0, 0.1) is 0 Å². The minimum absolute atomic E-state index is 0.449. The first kappa shape index (κ1) is 29.9. The fourth-order valence-corrected chi connectivity index (χ4v) is 9.02. The highest BCUT2D eigenvalue weighted by Crippen LogP contribution is 2.58. The zero-order valence-electron chi connectivity index (χ0n) is 27.8. The third kappa shape index (κ3) is 4.53. The van der Waals surface area contributed by atoms with Gasteiger partial charge in [-0.3, -0.25) is 0 Å². The lowest BCUT2D eigenvalue weighted by molar-refractivity contribution is 0.768. The quantitative estimate of drug-likeness (QED) is 0.167. The van der Waals surface area contributed by atoms with E-state index in [0.29, 0.717) is 0 Å². The van der Waals surface area contributed by atoms with E-state index in [1.54, 1.807) is 0 Å². The molecule has 1 nitrogen and oxygen atoms in total. The predicted octanol–water partition coefficient (Wildman–Crippen LogP) is 13.2. The van der Waals surface area contributed by atoms with Gasteiger partial charge in [-0.15, -0.1) is 0 Å². The van der Waals surface area contributed by atoms with E-state index < -0.39 is 5.41 Å². The maximum atomic E-state index is 3.65. The molecule has 0 saturated heterocycles. The molecule has 0 bridgehead atoms. The van der Waals surface area contributed by atoms with E-state index in [9.17, 15) is 0 Å². The zero-order chi connectivity index (χ0) is 33.9. The van der Waals surface area contributed by atoms with Crippen LogP contribution < -0.4 is 0 Å². The van der Waals surface area contributed by atoms with E-state index in [1.165, 1.54) is 83.1 Å². The van der Waals surface area contributed by atoms with Crippen molar-refractivity contribution in [3.8, 4) is 39.1 Å². The Balaban J connectivity index is 1.23. The van der Waals surface area contributed by atoms with Crippen LogP contribution in [0.25, 0.3) is 60.9 Å². The number of aromatic nitrogens is 1. The Bertz CT molecular complexity index is 2720. The summed E-state index contributed by atoms with van der Waals surface area (Å²) < 4.78 is 3.58. The fourth-order valence-electron chi connectivity index (χ4n) is 8.62. The molecule has 1 aliphatic carbocycles.